The van der Waals surface area contributed by atoms with Gasteiger partial charge < -0.3 is 15.8 Å². The predicted molar refractivity (Wildman–Crippen MR) is 151 cm³/mol. The zero-order valence-electron chi connectivity index (χ0n) is 20.0. The lowest BCUT2D eigenvalue weighted by molar-refractivity contribution is 0.168. The van der Waals surface area contributed by atoms with E-state index in [-0.39, 0.29) is 24.3 Å². The smallest absolute Gasteiger partial charge is 0.412 e. The van der Waals surface area contributed by atoms with Gasteiger partial charge in [0.15, 0.2) is 5.82 Å². The first-order chi connectivity index (χ1) is 17.9. The lowest BCUT2D eigenvalue weighted by Gasteiger charge is -2.23. The zero-order chi connectivity index (χ0) is 26.2. The van der Waals surface area contributed by atoms with Crippen LogP contribution >= 0.6 is 23.2 Å². The summed E-state index contributed by atoms with van der Waals surface area (Å²) in [6, 6.07) is 26.5. The van der Waals surface area contributed by atoms with Crippen molar-refractivity contribution in [2.24, 2.45) is 4.99 Å². The number of nitrogens with zero attached hydrogens (tertiary/aromatic N) is 2. The summed E-state index contributed by atoms with van der Waals surface area (Å²) in [4.78, 5) is 21.0. The van der Waals surface area contributed by atoms with Gasteiger partial charge in [0.25, 0.3) is 0 Å². The van der Waals surface area contributed by atoms with Gasteiger partial charge in [-0.2, -0.15) is 0 Å². The van der Waals surface area contributed by atoms with Crippen LogP contribution in [0.2, 0.25) is 10.0 Å². The summed E-state index contributed by atoms with van der Waals surface area (Å²) >= 11 is 12.4. The van der Waals surface area contributed by atoms with Gasteiger partial charge in [-0.05, 0) is 30.2 Å². The van der Waals surface area contributed by atoms with E-state index in [1.807, 2.05) is 60.7 Å². The lowest BCUT2D eigenvalue weighted by atomic mass is 9.98. The van der Waals surface area contributed by atoms with Gasteiger partial charge in [0.05, 0.1) is 23.4 Å². The molecule has 0 atom stereocenters. The minimum absolute atomic E-state index is 0.109. The first-order valence-corrected chi connectivity index (χ1v) is 12.3. The average molecular weight is 534 g/mol. The van der Waals surface area contributed by atoms with Crippen LogP contribution in [0.15, 0.2) is 89.9 Å². The maximum atomic E-state index is 12.1. The Morgan fingerprint density at radius 3 is 2.27 bits per heavy atom. The SMILES string of the molecule is CCOC(=O)Nc1cc(NC(c2ccccc2)c2ccccc2)c(N=Cc2ccc(Cl)cc2Cl)c(N)n1. The maximum Gasteiger partial charge on any atom is 0.412 e. The third-order valence-corrected chi connectivity index (χ3v) is 5.95. The number of nitrogens with two attached hydrogens (primary N) is 1. The van der Waals surface area contributed by atoms with Gasteiger partial charge in [0.1, 0.15) is 11.5 Å². The number of aromatic nitrogens is 1. The molecule has 0 radical (unpaired) electrons. The summed E-state index contributed by atoms with van der Waals surface area (Å²) in [6.07, 6.45) is 0.961. The quantitative estimate of drug-likeness (QED) is 0.203. The number of carbonyl (C=O) groups is 1. The van der Waals surface area contributed by atoms with Gasteiger partial charge >= 0.3 is 6.09 Å². The first-order valence-electron chi connectivity index (χ1n) is 11.5. The molecule has 0 aliphatic rings. The second kappa shape index (κ2) is 12.3. The molecule has 7 nitrogen and oxygen atoms in total. The van der Waals surface area contributed by atoms with Crippen molar-refractivity contribution in [2.75, 3.05) is 23.0 Å². The monoisotopic (exact) mass is 533 g/mol. The molecule has 4 rings (SSSR count). The van der Waals surface area contributed by atoms with Crippen molar-refractivity contribution in [3.8, 4) is 0 Å². The normalized spacial score (nSPS) is 11.0. The molecule has 0 aliphatic heterocycles. The molecule has 188 valence electrons. The Morgan fingerprint density at radius 1 is 1.03 bits per heavy atom. The van der Waals surface area contributed by atoms with E-state index in [2.05, 4.69) is 20.6 Å². The van der Waals surface area contributed by atoms with Crippen LogP contribution in [-0.2, 0) is 4.74 Å². The van der Waals surface area contributed by atoms with Crippen molar-refractivity contribution in [3.63, 3.8) is 0 Å². The molecule has 1 heterocycles. The number of pyridine rings is 1. The molecule has 0 saturated carbocycles. The van der Waals surface area contributed by atoms with Gasteiger partial charge in [0, 0.05) is 22.9 Å². The summed E-state index contributed by atoms with van der Waals surface area (Å²) in [5.74, 6) is 0.333. The number of aliphatic imine (C=N–C) groups is 1. The molecule has 0 saturated heterocycles. The van der Waals surface area contributed by atoms with E-state index in [0.717, 1.165) is 11.1 Å². The first kappa shape index (κ1) is 26.0. The highest BCUT2D eigenvalue weighted by molar-refractivity contribution is 6.36. The fourth-order valence-corrected chi connectivity index (χ4v) is 4.14. The largest absolute Gasteiger partial charge is 0.450 e. The molecule has 37 heavy (non-hydrogen) atoms. The second-order valence-corrected chi connectivity index (χ2v) is 8.80. The molecule has 0 spiro atoms. The fraction of sp³-hybridized carbons (Fsp3) is 0.107. The molecule has 1 amide bonds. The Labute approximate surface area is 225 Å². The fourth-order valence-electron chi connectivity index (χ4n) is 3.69. The molecule has 0 aliphatic carbocycles. The summed E-state index contributed by atoms with van der Waals surface area (Å²) in [5, 5.41) is 7.13. The Morgan fingerprint density at radius 2 is 1.68 bits per heavy atom. The van der Waals surface area contributed by atoms with Gasteiger partial charge in [-0.25, -0.2) is 9.78 Å². The van der Waals surface area contributed by atoms with Gasteiger partial charge in [-0.15, -0.1) is 0 Å². The number of carbonyl (C=O) groups excluding carboxylic acids is 1. The lowest BCUT2D eigenvalue weighted by Crippen LogP contribution is -2.16. The van der Waals surface area contributed by atoms with Crippen LogP contribution in [0.25, 0.3) is 0 Å². The number of nitrogen functional groups attached to an aromatic ring is 1. The maximum absolute atomic E-state index is 12.1. The van der Waals surface area contributed by atoms with Gasteiger partial charge in [0.2, 0.25) is 0 Å². The van der Waals surface area contributed by atoms with Crippen LogP contribution in [-0.4, -0.2) is 23.9 Å². The number of ether oxygens (including phenoxy) is 1. The number of hydrogen-bond acceptors (Lipinski definition) is 6. The average Bonchev–Trinajstić information content (AvgIpc) is 2.89. The molecule has 0 unspecified atom stereocenters. The van der Waals surface area contributed by atoms with E-state index in [1.165, 1.54) is 0 Å². The van der Waals surface area contributed by atoms with Crippen LogP contribution in [0.1, 0.15) is 29.7 Å². The molecule has 4 aromatic rings. The van der Waals surface area contributed by atoms with Crippen LogP contribution in [0.4, 0.5) is 27.8 Å². The third kappa shape index (κ3) is 6.78. The highest BCUT2D eigenvalue weighted by Gasteiger charge is 2.19. The van der Waals surface area contributed by atoms with Gasteiger partial charge in [-0.3, -0.25) is 10.3 Å². The van der Waals surface area contributed by atoms with Crippen molar-refractivity contribution in [3.05, 3.63) is 112 Å². The molecular formula is C28H25Cl2N5O2. The number of nitrogens with one attached hydrogen (secondary N) is 2. The Hall–Kier alpha value is -4.07. The van der Waals surface area contributed by atoms with Crippen molar-refractivity contribution < 1.29 is 9.53 Å². The third-order valence-electron chi connectivity index (χ3n) is 5.39. The second-order valence-electron chi connectivity index (χ2n) is 7.96. The number of hydrogen-bond donors (Lipinski definition) is 3. The van der Waals surface area contributed by atoms with Crippen LogP contribution in [0.3, 0.4) is 0 Å². The topological polar surface area (TPSA) is 102 Å². The Bertz CT molecular complexity index is 1360. The van der Waals surface area contributed by atoms with Crippen molar-refractivity contribution in [1.29, 1.82) is 0 Å². The number of benzene rings is 3. The highest BCUT2D eigenvalue weighted by atomic mass is 35.5. The summed E-state index contributed by atoms with van der Waals surface area (Å²) in [5.41, 5.74) is 10.00. The molecule has 1 aromatic heterocycles. The Kier molecular flexibility index (Phi) is 8.61. The van der Waals surface area contributed by atoms with Crippen molar-refractivity contribution in [2.45, 2.75) is 13.0 Å². The standard InChI is InChI=1S/C28H25Cl2N5O2/c1-2-37-28(36)35-24-16-23(26(27(31)34-24)32-17-20-13-14-21(29)15-22(20)30)33-25(18-9-5-3-6-10-18)19-11-7-4-8-12-19/h3-17,25H,2H2,1H3,(H4,31,33,34,35,36). The van der Waals surface area contributed by atoms with Crippen LogP contribution < -0.4 is 16.4 Å². The predicted octanol–water partition coefficient (Wildman–Crippen LogP) is 7.49. The molecule has 0 bridgehead atoms. The van der Waals surface area contributed by atoms with Gasteiger partial charge in [-0.1, -0.05) is 89.9 Å². The zero-order valence-corrected chi connectivity index (χ0v) is 21.5. The number of anilines is 3. The minimum Gasteiger partial charge on any atom is -0.450 e. The highest BCUT2D eigenvalue weighted by Crippen LogP contribution is 2.37. The molecule has 3 aromatic carbocycles. The van der Waals surface area contributed by atoms with E-state index < -0.39 is 6.09 Å². The van der Waals surface area contributed by atoms with E-state index >= 15 is 0 Å². The Balaban J connectivity index is 1.79. The number of rotatable bonds is 8. The summed E-state index contributed by atoms with van der Waals surface area (Å²) in [7, 11) is 0. The summed E-state index contributed by atoms with van der Waals surface area (Å²) < 4.78 is 5.00. The van der Waals surface area contributed by atoms with E-state index in [1.54, 1.807) is 37.4 Å². The van der Waals surface area contributed by atoms with Crippen LogP contribution in [0.5, 0.6) is 0 Å². The molecule has 0 fully saturated rings. The molecular weight excluding hydrogens is 509 g/mol. The minimum atomic E-state index is -0.632. The number of amides is 1. The molecule has 4 N–H and O–H groups in total. The van der Waals surface area contributed by atoms with Crippen molar-refractivity contribution >= 4 is 58.5 Å². The van der Waals surface area contributed by atoms with Crippen LogP contribution in [0, 0.1) is 0 Å². The van der Waals surface area contributed by atoms with E-state index in [0.29, 0.717) is 27.0 Å². The van der Waals surface area contributed by atoms with Crippen molar-refractivity contribution in [1.82, 2.24) is 4.98 Å². The van der Waals surface area contributed by atoms with E-state index in [4.69, 9.17) is 33.7 Å². The summed E-state index contributed by atoms with van der Waals surface area (Å²) in [6.45, 7) is 1.94. The number of halogens is 2. The molecule has 9 heteroatoms. The van der Waals surface area contributed by atoms with E-state index in [9.17, 15) is 4.79 Å².